The average Bonchev–Trinajstić information content (AvgIpc) is 3.18. The predicted octanol–water partition coefficient (Wildman–Crippen LogP) is 5.76. The molecule has 2 aromatic rings. The highest BCUT2D eigenvalue weighted by Gasteiger charge is 2.41. The average molecular weight is 464 g/mol. The lowest BCUT2D eigenvalue weighted by Gasteiger charge is -2.23. The van der Waals surface area contributed by atoms with Crippen molar-refractivity contribution in [2.24, 2.45) is 11.8 Å². The molecule has 0 unspecified atom stereocenters. The molecule has 8 heteroatoms. The maximum Gasteiger partial charge on any atom is 0.345 e. The first-order valence-electron chi connectivity index (χ1n) is 9.06. The molecule has 0 spiro atoms. The number of benzene rings is 1. The van der Waals surface area contributed by atoms with Gasteiger partial charge in [0, 0.05) is 26.2 Å². The molecule has 1 aliphatic rings. The SMILES string of the molecule is O=C(O)c1ccc(CCC[C@@H]2[C@@H](COc3cc(Cl)cc(Cl)c3)[C@H](O)C[C@H]2Cl)s1. The van der Waals surface area contributed by atoms with Gasteiger partial charge < -0.3 is 14.9 Å². The van der Waals surface area contributed by atoms with Gasteiger partial charge in [-0.2, -0.15) is 0 Å². The van der Waals surface area contributed by atoms with E-state index in [2.05, 4.69) is 0 Å². The van der Waals surface area contributed by atoms with Gasteiger partial charge in [-0.05, 0) is 61.9 Å². The number of ether oxygens (including phenoxy) is 1. The fourth-order valence-electron chi connectivity index (χ4n) is 3.71. The molecule has 152 valence electrons. The molecule has 1 aliphatic carbocycles. The minimum absolute atomic E-state index is 0.0711. The number of halogens is 3. The fraction of sp³-hybridized carbons (Fsp3) is 0.450. The lowest BCUT2D eigenvalue weighted by Crippen LogP contribution is -2.27. The minimum atomic E-state index is -0.894. The zero-order valence-electron chi connectivity index (χ0n) is 15.0. The number of aromatic carboxylic acids is 1. The van der Waals surface area contributed by atoms with Gasteiger partial charge in [-0.15, -0.1) is 22.9 Å². The highest BCUT2D eigenvalue weighted by atomic mass is 35.5. The van der Waals surface area contributed by atoms with Crippen LogP contribution in [0.5, 0.6) is 5.75 Å². The van der Waals surface area contributed by atoms with Gasteiger partial charge in [-0.3, -0.25) is 0 Å². The maximum absolute atomic E-state index is 11.0. The Kier molecular flexibility index (Phi) is 7.51. The summed E-state index contributed by atoms with van der Waals surface area (Å²) in [6, 6.07) is 8.52. The van der Waals surface area contributed by atoms with Crippen LogP contribution in [-0.2, 0) is 6.42 Å². The Bertz CT molecular complexity index is 805. The quantitative estimate of drug-likeness (QED) is 0.488. The summed E-state index contributed by atoms with van der Waals surface area (Å²) in [5, 5.41) is 20.3. The van der Waals surface area contributed by atoms with Crippen molar-refractivity contribution < 1.29 is 19.7 Å². The first-order chi connectivity index (χ1) is 13.3. The van der Waals surface area contributed by atoms with Gasteiger partial charge in [0.25, 0.3) is 0 Å². The Hall–Kier alpha value is -0.980. The second-order valence-corrected chi connectivity index (χ2v) is 9.63. The summed E-state index contributed by atoms with van der Waals surface area (Å²) in [6.45, 7) is 0.341. The van der Waals surface area contributed by atoms with Gasteiger partial charge in [0.1, 0.15) is 10.6 Å². The number of hydrogen-bond acceptors (Lipinski definition) is 4. The fourth-order valence-corrected chi connectivity index (χ4v) is 5.60. The zero-order chi connectivity index (χ0) is 20.3. The summed E-state index contributed by atoms with van der Waals surface area (Å²) < 4.78 is 5.84. The van der Waals surface area contributed by atoms with Crippen molar-refractivity contribution in [3.8, 4) is 5.75 Å². The summed E-state index contributed by atoms with van der Waals surface area (Å²) in [5.74, 6) is -0.265. The Morgan fingerprint density at radius 3 is 2.54 bits per heavy atom. The first-order valence-corrected chi connectivity index (χ1v) is 11.1. The summed E-state index contributed by atoms with van der Waals surface area (Å²) in [6.07, 6.45) is 2.54. The summed E-state index contributed by atoms with van der Waals surface area (Å²) in [7, 11) is 0. The van der Waals surface area contributed by atoms with E-state index in [-0.39, 0.29) is 17.2 Å². The zero-order valence-corrected chi connectivity index (χ0v) is 18.1. The molecule has 0 saturated heterocycles. The lowest BCUT2D eigenvalue weighted by atomic mass is 9.90. The van der Waals surface area contributed by atoms with Gasteiger partial charge >= 0.3 is 5.97 Å². The number of hydrogen-bond donors (Lipinski definition) is 2. The van der Waals surface area contributed by atoms with E-state index < -0.39 is 12.1 Å². The third-order valence-corrected chi connectivity index (χ3v) is 7.16. The molecule has 28 heavy (non-hydrogen) atoms. The number of thiophene rings is 1. The summed E-state index contributed by atoms with van der Waals surface area (Å²) >= 11 is 19.8. The molecule has 3 rings (SSSR count). The molecular formula is C20H21Cl3O4S. The van der Waals surface area contributed by atoms with Gasteiger partial charge in [0.2, 0.25) is 0 Å². The second kappa shape index (κ2) is 9.68. The Morgan fingerprint density at radius 2 is 1.89 bits per heavy atom. The second-order valence-electron chi connectivity index (χ2n) is 7.03. The van der Waals surface area contributed by atoms with Crippen LogP contribution >= 0.6 is 46.1 Å². The van der Waals surface area contributed by atoms with Crippen LogP contribution in [0.1, 0.15) is 33.8 Å². The molecule has 2 N–H and O–H groups in total. The van der Waals surface area contributed by atoms with Gasteiger partial charge in [0.15, 0.2) is 0 Å². The smallest absolute Gasteiger partial charge is 0.345 e. The first kappa shape index (κ1) is 21.7. The van der Waals surface area contributed by atoms with Crippen LogP contribution in [0.3, 0.4) is 0 Å². The highest BCUT2D eigenvalue weighted by molar-refractivity contribution is 7.13. The molecule has 4 atom stereocenters. The molecule has 1 aromatic carbocycles. The van der Waals surface area contributed by atoms with Crippen molar-refractivity contribution in [2.45, 2.75) is 37.2 Å². The van der Waals surface area contributed by atoms with Gasteiger partial charge in [-0.25, -0.2) is 4.79 Å². The number of carboxylic acids is 1. The molecule has 1 fully saturated rings. The van der Waals surface area contributed by atoms with E-state index in [0.717, 1.165) is 24.1 Å². The third kappa shape index (κ3) is 5.55. The molecule has 0 radical (unpaired) electrons. The third-order valence-electron chi connectivity index (χ3n) is 5.09. The van der Waals surface area contributed by atoms with E-state index in [0.29, 0.717) is 33.7 Å². The monoisotopic (exact) mass is 462 g/mol. The van der Waals surface area contributed by atoms with Crippen LogP contribution in [0, 0.1) is 11.8 Å². The number of aryl methyl sites for hydroxylation is 1. The number of rotatable bonds is 8. The molecule has 0 amide bonds. The van der Waals surface area contributed by atoms with Crippen molar-refractivity contribution in [1.29, 1.82) is 0 Å². The normalized spacial score (nSPS) is 24.4. The summed E-state index contributed by atoms with van der Waals surface area (Å²) in [4.78, 5) is 12.4. The van der Waals surface area contributed by atoms with Crippen molar-refractivity contribution in [2.75, 3.05) is 6.61 Å². The van der Waals surface area contributed by atoms with Gasteiger partial charge in [-0.1, -0.05) is 23.2 Å². The highest BCUT2D eigenvalue weighted by Crippen LogP contribution is 2.40. The molecule has 1 heterocycles. The molecule has 1 saturated carbocycles. The number of aliphatic hydroxyl groups is 1. The molecule has 4 nitrogen and oxygen atoms in total. The van der Waals surface area contributed by atoms with Gasteiger partial charge in [0.05, 0.1) is 12.7 Å². The van der Waals surface area contributed by atoms with E-state index in [1.165, 1.54) is 11.3 Å². The lowest BCUT2D eigenvalue weighted by molar-refractivity contribution is 0.0701. The Balaban J connectivity index is 1.56. The molecule has 0 aliphatic heterocycles. The van der Waals surface area contributed by atoms with Crippen LogP contribution in [0.4, 0.5) is 0 Å². The summed E-state index contributed by atoms with van der Waals surface area (Å²) in [5.41, 5.74) is 0. The number of alkyl halides is 1. The molecule has 0 bridgehead atoms. The van der Waals surface area contributed by atoms with Crippen molar-refractivity contribution in [1.82, 2.24) is 0 Å². The van der Waals surface area contributed by atoms with E-state index in [9.17, 15) is 9.90 Å². The van der Waals surface area contributed by atoms with E-state index in [1.807, 2.05) is 6.07 Å². The number of carbonyl (C=O) groups is 1. The van der Waals surface area contributed by atoms with Crippen LogP contribution in [0.25, 0.3) is 0 Å². The Labute approximate surface area is 183 Å². The van der Waals surface area contributed by atoms with Crippen LogP contribution < -0.4 is 4.74 Å². The largest absolute Gasteiger partial charge is 0.493 e. The number of aliphatic hydroxyl groups excluding tert-OH is 1. The van der Waals surface area contributed by atoms with Crippen LogP contribution in [0.2, 0.25) is 10.0 Å². The van der Waals surface area contributed by atoms with Crippen molar-refractivity contribution >= 4 is 52.1 Å². The molecule has 1 aromatic heterocycles. The van der Waals surface area contributed by atoms with Crippen LogP contribution in [-0.4, -0.2) is 34.3 Å². The topological polar surface area (TPSA) is 66.8 Å². The number of carboxylic acid groups (broad SMARTS) is 1. The Morgan fingerprint density at radius 1 is 1.18 bits per heavy atom. The van der Waals surface area contributed by atoms with Crippen molar-refractivity contribution in [3.05, 3.63) is 50.1 Å². The predicted molar refractivity (Wildman–Crippen MR) is 113 cm³/mol. The minimum Gasteiger partial charge on any atom is -0.493 e. The van der Waals surface area contributed by atoms with E-state index >= 15 is 0 Å². The van der Waals surface area contributed by atoms with Crippen LogP contribution in [0.15, 0.2) is 30.3 Å². The van der Waals surface area contributed by atoms with Crippen molar-refractivity contribution in [3.63, 3.8) is 0 Å². The van der Waals surface area contributed by atoms with E-state index in [4.69, 9.17) is 44.6 Å². The standard InChI is InChI=1S/C20H21Cl3O4S/c21-11-6-12(22)8-13(7-11)27-10-16-15(17(23)9-18(16)24)3-1-2-14-4-5-19(28-14)20(25)26/h4-8,15-18,24H,1-3,9-10H2,(H,25,26)/t15-,16-,17-,18-/m1/s1. The molecular weight excluding hydrogens is 443 g/mol. The maximum atomic E-state index is 11.0. The van der Waals surface area contributed by atoms with E-state index in [1.54, 1.807) is 24.3 Å².